The molecule has 0 bridgehead atoms. The highest BCUT2D eigenvalue weighted by Crippen LogP contribution is 2.35. The van der Waals surface area contributed by atoms with Gasteiger partial charge in [0.1, 0.15) is 0 Å². The third kappa shape index (κ3) is 3.45. The summed E-state index contributed by atoms with van der Waals surface area (Å²) in [6, 6.07) is 0. The van der Waals surface area contributed by atoms with Crippen molar-refractivity contribution in [2.45, 2.75) is 52.9 Å². The molecule has 4 nitrogen and oxygen atoms in total. The van der Waals surface area contributed by atoms with Crippen molar-refractivity contribution in [3.63, 3.8) is 0 Å². The molecule has 0 aromatic carbocycles. The highest BCUT2D eigenvalue weighted by molar-refractivity contribution is 5.83. The van der Waals surface area contributed by atoms with Crippen LogP contribution in [0.15, 0.2) is 0 Å². The summed E-state index contributed by atoms with van der Waals surface area (Å²) in [5.74, 6) is -0.877. The van der Waals surface area contributed by atoms with E-state index < -0.39 is 11.4 Å². The number of amides is 1. The smallest absolute Gasteiger partial charge is 0.310 e. The Morgan fingerprint density at radius 2 is 1.76 bits per heavy atom. The number of hydrogen-bond acceptors (Lipinski definition) is 2. The summed E-state index contributed by atoms with van der Waals surface area (Å²) < 4.78 is 0. The minimum absolute atomic E-state index is 0.00604. The van der Waals surface area contributed by atoms with Gasteiger partial charge in [0.25, 0.3) is 0 Å². The first-order chi connectivity index (χ1) is 7.78. The number of nitrogens with one attached hydrogen (secondary N) is 1. The summed E-state index contributed by atoms with van der Waals surface area (Å²) in [6.45, 7) is 5.42. The Labute approximate surface area is 103 Å². The zero-order valence-electron chi connectivity index (χ0n) is 11.0. The number of carboxylic acid groups (broad SMARTS) is 1. The molecule has 0 saturated heterocycles. The van der Waals surface area contributed by atoms with E-state index in [4.69, 9.17) is 5.11 Å². The van der Waals surface area contributed by atoms with Gasteiger partial charge in [-0.1, -0.05) is 26.2 Å². The van der Waals surface area contributed by atoms with Gasteiger partial charge in [-0.05, 0) is 26.7 Å². The Morgan fingerprint density at radius 3 is 2.24 bits per heavy atom. The molecule has 1 saturated carbocycles. The van der Waals surface area contributed by atoms with E-state index in [-0.39, 0.29) is 17.9 Å². The number of rotatable bonds is 4. The second-order valence-electron chi connectivity index (χ2n) is 5.99. The summed E-state index contributed by atoms with van der Waals surface area (Å²) in [4.78, 5) is 23.0. The lowest BCUT2D eigenvalue weighted by atomic mass is 9.75. The summed E-state index contributed by atoms with van der Waals surface area (Å²) in [5, 5.41) is 11.8. The van der Waals surface area contributed by atoms with Gasteiger partial charge in [0, 0.05) is 12.0 Å². The highest BCUT2D eigenvalue weighted by Gasteiger charge is 2.36. The normalized spacial score (nSPS) is 19.7. The van der Waals surface area contributed by atoms with E-state index in [0.717, 1.165) is 25.7 Å². The molecule has 0 atom stereocenters. The molecule has 0 aromatic rings. The maximum absolute atomic E-state index is 12.1. The standard InChI is InChI=1S/C13H23NO3/c1-12(2,11(16)17)9-14-10(15)13(3)7-5-4-6-8-13/h4-9H2,1-3H3,(H,14,15)(H,16,17). The molecule has 0 spiro atoms. The minimum Gasteiger partial charge on any atom is -0.481 e. The molecule has 1 fully saturated rings. The van der Waals surface area contributed by atoms with E-state index in [1.165, 1.54) is 6.42 Å². The van der Waals surface area contributed by atoms with Crippen molar-refractivity contribution in [3.05, 3.63) is 0 Å². The predicted octanol–water partition coefficient (Wildman–Crippen LogP) is 2.18. The van der Waals surface area contributed by atoms with Gasteiger partial charge in [-0.2, -0.15) is 0 Å². The Balaban J connectivity index is 2.52. The third-order valence-corrected chi connectivity index (χ3v) is 3.78. The first-order valence-corrected chi connectivity index (χ1v) is 6.30. The average Bonchev–Trinajstić information content (AvgIpc) is 2.26. The van der Waals surface area contributed by atoms with Gasteiger partial charge in [-0.3, -0.25) is 9.59 Å². The first-order valence-electron chi connectivity index (χ1n) is 6.30. The first kappa shape index (κ1) is 14.0. The van der Waals surface area contributed by atoms with Gasteiger partial charge in [0.2, 0.25) is 5.91 Å². The summed E-state index contributed by atoms with van der Waals surface area (Å²) >= 11 is 0. The van der Waals surface area contributed by atoms with Crippen LogP contribution in [0.1, 0.15) is 52.9 Å². The number of carbonyl (C=O) groups excluding carboxylic acids is 1. The molecule has 1 aliphatic carbocycles. The molecular weight excluding hydrogens is 218 g/mol. The lowest BCUT2D eigenvalue weighted by Crippen LogP contribution is -2.45. The molecule has 98 valence electrons. The molecular formula is C13H23NO3. The van der Waals surface area contributed by atoms with Crippen LogP contribution in [-0.4, -0.2) is 23.5 Å². The van der Waals surface area contributed by atoms with Gasteiger partial charge in [-0.15, -0.1) is 0 Å². The van der Waals surface area contributed by atoms with Crippen LogP contribution in [0.3, 0.4) is 0 Å². The van der Waals surface area contributed by atoms with Crippen LogP contribution in [-0.2, 0) is 9.59 Å². The fourth-order valence-electron chi connectivity index (χ4n) is 2.15. The quantitative estimate of drug-likeness (QED) is 0.792. The van der Waals surface area contributed by atoms with Gasteiger partial charge in [0.05, 0.1) is 5.41 Å². The van der Waals surface area contributed by atoms with Crippen LogP contribution >= 0.6 is 0 Å². The fraction of sp³-hybridized carbons (Fsp3) is 0.846. The minimum atomic E-state index is -0.902. The van der Waals surface area contributed by atoms with Crippen molar-refractivity contribution >= 4 is 11.9 Å². The fourth-order valence-corrected chi connectivity index (χ4v) is 2.15. The summed E-state index contributed by atoms with van der Waals surface area (Å²) in [6.07, 6.45) is 5.20. The Bertz CT molecular complexity index is 304. The number of carboxylic acids is 1. The van der Waals surface area contributed by atoms with E-state index in [1.807, 2.05) is 6.92 Å². The van der Waals surface area contributed by atoms with Crippen molar-refractivity contribution in [2.24, 2.45) is 10.8 Å². The third-order valence-electron chi connectivity index (χ3n) is 3.78. The molecule has 0 heterocycles. The van der Waals surface area contributed by atoms with E-state index in [2.05, 4.69) is 5.32 Å². The van der Waals surface area contributed by atoms with E-state index in [0.29, 0.717) is 0 Å². The largest absolute Gasteiger partial charge is 0.481 e. The molecule has 0 radical (unpaired) electrons. The van der Waals surface area contributed by atoms with Crippen molar-refractivity contribution in [2.75, 3.05) is 6.54 Å². The lowest BCUT2D eigenvalue weighted by Gasteiger charge is -2.33. The Morgan fingerprint density at radius 1 is 1.24 bits per heavy atom. The topological polar surface area (TPSA) is 66.4 Å². The molecule has 0 unspecified atom stereocenters. The average molecular weight is 241 g/mol. The van der Waals surface area contributed by atoms with Crippen LogP contribution in [0.4, 0.5) is 0 Å². The molecule has 1 aliphatic rings. The number of carbonyl (C=O) groups is 2. The summed E-state index contributed by atoms with van der Waals surface area (Å²) in [5.41, 5.74) is -1.20. The number of hydrogen-bond donors (Lipinski definition) is 2. The molecule has 4 heteroatoms. The monoisotopic (exact) mass is 241 g/mol. The van der Waals surface area contributed by atoms with Crippen LogP contribution in [0.25, 0.3) is 0 Å². The second kappa shape index (κ2) is 5.07. The van der Waals surface area contributed by atoms with Crippen LogP contribution in [0, 0.1) is 10.8 Å². The highest BCUT2D eigenvalue weighted by atomic mass is 16.4. The molecule has 0 aliphatic heterocycles. The van der Waals surface area contributed by atoms with Crippen molar-refractivity contribution < 1.29 is 14.7 Å². The van der Waals surface area contributed by atoms with Crippen LogP contribution in [0.5, 0.6) is 0 Å². The van der Waals surface area contributed by atoms with E-state index >= 15 is 0 Å². The zero-order chi connectivity index (χ0) is 13.1. The van der Waals surface area contributed by atoms with Gasteiger partial charge >= 0.3 is 5.97 Å². The van der Waals surface area contributed by atoms with E-state index in [1.54, 1.807) is 13.8 Å². The maximum atomic E-state index is 12.1. The molecule has 1 amide bonds. The van der Waals surface area contributed by atoms with Crippen molar-refractivity contribution in [1.82, 2.24) is 5.32 Å². The Kier molecular flexibility index (Phi) is 4.17. The zero-order valence-corrected chi connectivity index (χ0v) is 11.0. The SMILES string of the molecule is CC(C)(CNC(=O)C1(C)CCCCC1)C(=O)O. The maximum Gasteiger partial charge on any atom is 0.310 e. The van der Waals surface area contributed by atoms with Gasteiger partial charge in [-0.25, -0.2) is 0 Å². The Hall–Kier alpha value is -1.06. The molecule has 17 heavy (non-hydrogen) atoms. The van der Waals surface area contributed by atoms with Crippen LogP contribution < -0.4 is 5.32 Å². The lowest BCUT2D eigenvalue weighted by molar-refractivity contribution is -0.147. The molecule has 1 rings (SSSR count). The molecule has 2 N–H and O–H groups in total. The second-order valence-corrected chi connectivity index (χ2v) is 5.99. The van der Waals surface area contributed by atoms with Crippen LogP contribution in [0.2, 0.25) is 0 Å². The van der Waals surface area contributed by atoms with E-state index in [9.17, 15) is 9.59 Å². The predicted molar refractivity (Wildman–Crippen MR) is 65.6 cm³/mol. The number of aliphatic carboxylic acids is 1. The van der Waals surface area contributed by atoms with Gasteiger partial charge in [0.15, 0.2) is 0 Å². The molecule has 0 aromatic heterocycles. The van der Waals surface area contributed by atoms with Crippen molar-refractivity contribution in [3.8, 4) is 0 Å². The van der Waals surface area contributed by atoms with Gasteiger partial charge < -0.3 is 10.4 Å². The van der Waals surface area contributed by atoms with Crippen molar-refractivity contribution in [1.29, 1.82) is 0 Å². The summed E-state index contributed by atoms with van der Waals surface area (Å²) in [7, 11) is 0.